The van der Waals surface area contributed by atoms with Gasteiger partial charge >= 0.3 is 0 Å². The molecule has 0 spiro atoms. The average molecular weight is 284 g/mol. The molecule has 1 aliphatic carbocycles. The van der Waals surface area contributed by atoms with Crippen molar-refractivity contribution in [3.63, 3.8) is 0 Å². The first kappa shape index (κ1) is 13.0. The zero-order valence-electron chi connectivity index (χ0n) is 12.0. The highest BCUT2D eigenvalue weighted by atomic mass is 16.5. The summed E-state index contributed by atoms with van der Waals surface area (Å²) in [4.78, 5) is 4.37. The van der Waals surface area contributed by atoms with E-state index in [0.29, 0.717) is 6.04 Å². The van der Waals surface area contributed by atoms with Gasteiger partial charge in [0.25, 0.3) is 0 Å². The molecule has 0 saturated heterocycles. The van der Waals surface area contributed by atoms with E-state index in [2.05, 4.69) is 39.7 Å². The first-order valence-electron chi connectivity index (χ1n) is 7.69. The van der Waals surface area contributed by atoms with Crippen LogP contribution in [0.2, 0.25) is 0 Å². The van der Waals surface area contributed by atoms with Crippen molar-refractivity contribution in [2.75, 3.05) is 6.61 Å². The molecule has 1 unspecified atom stereocenters. The van der Waals surface area contributed by atoms with Crippen LogP contribution in [0.4, 0.5) is 0 Å². The fourth-order valence-corrected chi connectivity index (χ4v) is 2.82. The van der Waals surface area contributed by atoms with E-state index in [9.17, 15) is 0 Å². The van der Waals surface area contributed by atoms with Gasteiger partial charge in [0.15, 0.2) is 5.82 Å². The number of nitrogens with zero attached hydrogens (tertiary/aromatic N) is 3. The Labute approximate surface area is 124 Å². The number of benzene rings is 1. The lowest BCUT2D eigenvalue weighted by molar-refractivity contribution is 0.0281. The summed E-state index contributed by atoms with van der Waals surface area (Å²) in [7, 11) is 0. The Kier molecular flexibility index (Phi) is 3.45. The van der Waals surface area contributed by atoms with E-state index in [1.807, 2.05) is 11.0 Å². The van der Waals surface area contributed by atoms with Crippen LogP contribution in [0.15, 0.2) is 30.6 Å². The average Bonchev–Trinajstić information content (AvgIpc) is 3.25. The Morgan fingerprint density at radius 3 is 3.10 bits per heavy atom. The second kappa shape index (κ2) is 5.58. The number of hydrogen-bond donors (Lipinski definition) is 1. The first-order chi connectivity index (χ1) is 10.4. The quantitative estimate of drug-likeness (QED) is 0.910. The molecule has 0 radical (unpaired) electrons. The van der Waals surface area contributed by atoms with Crippen molar-refractivity contribution in [2.45, 2.75) is 44.5 Å². The Bertz CT molecular complexity index is 620. The van der Waals surface area contributed by atoms with Crippen molar-refractivity contribution in [3.8, 4) is 0 Å². The fraction of sp³-hybridized carbons (Fsp3) is 0.500. The third-order valence-corrected chi connectivity index (χ3v) is 4.16. The molecule has 2 aliphatic rings. The Hall–Kier alpha value is -1.72. The number of hydrogen-bond acceptors (Lipinski definition) is 4. The van der Waals surface area contributed by atoms with Crippen molar-refractivity contribution in [2.24, 2.45) is 0 Å². The van der Waals surface area contributed by atoms with Gasteiger partial charge in [-0.25, -0.2) is 9.67 Å². The van der Waals surface area contributed by atoms with Crippen LogP contribution in [-0.2, 0) is 24.2 Å². The molecule has 5 nitrogen and oxygen atoms in total. The van der Waals surface area contributed by atoms with E-state index < -0.39 is 0 Å². The van der Waals surface area contributed by atoms with E-state index in [-0.39, 0.29) is 6.10 Å². The number of aromatic nitrogens is 3. The van der Waals surface area contributed by atoms with E-state index >= 15 is 0 Å². The molecule has 1 saturated carbocycles. The molecule has 2 heterocycles. The van der Waals surface area contributed by atoms with Crippen LogP contribution in [0.3, 0.4) is 0 Å². The third-order valence-electron chi connectivity index (χ3n) is 4.16. The monoisotopic (exact) mass is 284 g/mol. The van der Waals surface area contributed by atoms with Crippen LogP contribution in [-0.4, -0.2) is 27.4 Å². The lowest BCUT2D eigenvalue weighted by Gasteiger charge is -2.25. The summed E-state index contributed by atoms with van der Waals surface area (Å²) < 4.78 is 7.82. The van der Waals surface area contributed by atoms with Crippen molar-refractivity contribution in [1.82, 2.24) is 20.1 Å². The van der Waals surface area contributed by atoms with Gasteiger partial charge in [-0.2, -0.15) is 5.10 Å². The lowest BCUT2D eigenvalue weighted by atomic mass is 9.98. The van der Waals surface area contributed by atoms with Crippen LogP contribution in [0.5, 0.6) is 0 Å². The van der Waals surface area contributed by atoms with Crippen LogP contribution >= 0.6 is 0 Å². The highest BCUT2D eigenvalue weighted by Gasteiger charge is 2.22. The molecule has 1 aliphatic heterocycles. The summed E-state index contributed by atoms with van der Waals surface area (Å²) in [6.45, 7) is 2.28. The van der Waals surface area contributed by atoms with Crippen LogP contribution in [0.1, 0.15) is 35.9 Å². The number of ether oxygens (including phenoxy) is 1. The standard InChI is InChI=1S/C16H20N4O/c1-2-4-14-12(3-1)7-8-21-15(14)10-20-11-18-16(19-20)9-17-13-5-6-13/h1-4,11,13,15,17H,5-10H2. The Balaban J connectivity index is 1.44. The Morgan fingerprint density at radius 2 is 2.19 bits per heavy atom. The van der Waals surface area contributed by atoms with E-state index in [1.54, 1.807) is 0 Å². The molecule has 1 aromatic carbocycles. The van der Waals surface area contributed by atoms with Gasteiger partial charge in [-0.3, -0.25) is 0 Å². The normalized spacial score (nSPS) is 21.2. The number of rotatable bonds is 5. The fourth-order valence-electron chi connectivity index (χ4n) is 2.82. The van der Waals surface area contributed by atoms with Gasteiger partial charge in [0.05, 0.1) is 19.7 Å². The third kappa shape index (κ3) is 2.99. The van der Waals surface area contributed by atoms with E-state index in [1.165, 1.54) is 24.0 Å². The smallest absolute Gasteiger partial charge is 0.164 e. The minimum Gasteiger partial charge on any atom is -0.371 e. The Morgan fingerprint density at radius 1 is 1.29 bits per heavy atom. The zero-order chi connectivity index (χ0) is 14.1. The van der Waals surface area contributed by atoms with E-state index in [0.717, 1.165) is 31.9 Å². The van der Waals surface area contributed by atoms with Crippen molar-refractivity contribution >= 4 is 0 Å². The van der Waals surface area contributed by atoms with Crippen LogP contribution in [0.25, 0.3) is 0 Å². The van der Waals surface area contributed by atoms with Gasteiger partial charge in [-0.05, 0) is 30.4 Å². The molecule has 110 valence electrons. The van der Waals surface area contributed by atoms with Crippen molar-refractivity contribution < 1.29 is 4.74 Å². The maximum absolute atomic E-state index is 5.92. The highest BCUT2D eigenvalue weighted by molar-refractivity contribution is 5.30. The van der Waals surface area contributed by atoms with Gasteiger partial charge < -0.3 is 10.1 Å². The molecule has 5 heteroatoms. The first-order valence-corrected chi connectivity index (χ1v) is 7.69. The summed E-state index contributed by atoms with van der Waals surface area (Å²) in [5, 5.41) is 7.98. The SMILES string of the molecule is c1ccc2c(c1)CCOC2Cn1cnc(CNC2CC2)n1. The molecule has 4 rings (SSSR count). The van der Waals surface area contributed by atoms with Crippen molar-refractivity contribution in [1.29, 1.82) is 0 Å². The topological polar surface area (TPSA) is 52.0 Å². The summed E-state index contributed by atoms with van der Waals surface area (Å²) in [5.41, 5.74) is 2.68. The predicted molar refractivity (Wildman–Crippen MR) is 78.7 cm³/mol. The van der Waals surface area contributed by atoms with Gasteiger partial charge in [0, 0.05) is 6.04 Å². The molecule has 0 amide bonds. The summed E-state index contributed by atoms with van der Waals surface area (Å²) in [6.07, 6.45) is 5.47. The molecule has 0 bridgehead atoms. The molecule has 1 N–H and O–H groups in total. The van der Waals surface area contributed by atoms with Gasteiger partial charge in [-0.1, -0.05) is 24.3 Å². The predicted octanol–water partition coefficient (Wildman–Crippen LogP) is 1.84. The van der Waals surface area contributed by atoms with Crippen LogP contribution in [0, 0.1) is 0 Å². The highest BCUT2D eigenvalue weighted by Crippen LogP contribution is 2.27. The van der Waals surface area contributed by atoms with Crippen molar-refractivity contribution in [3.05, 3.63) is 47.5 Å². The number of fused-ring (bicyclic) bond motifs is 1. The minimum atomic E-state index is 0.0842. The molecular formula is C16H20N4O. The van der Waals surface area contributed by atoms with Gasteiger partial charge in [0.2, 0.25) is 0 Å². The molecule has 21 heavy (non-hydrogen) atoms. The molecule has 1 atom stereocenters. The molecular weight excluding hydrogens is 264 g/mol. The minimum absolute atomic E-state index is 0.0842. The second-order valence-corrected chi connectivity index (χ2v) is 5.85. The maximum atomic E-state index is 5.92. The maximum Gasteiger partial charge on any atom is 0.164 e. The van der Waals surface area contributed by atoms with E-state index in [4.69, 9.17) is 4.74 Å². The largest absolute Gasteiger partial charge is 0.371 e. The zero-order valence-corrected chi connectivity index (χ0v) is 12.0. The molecule has 1 fully saturated rings. The van der Waals surface area contributed by atoms with Crippen LogP contribution < -0.4 is 5.32 Å². The lowest BCUT2D eigenvalue weighted by Crippen LogP contribution is -2.21. The molecule has 1 aromatic heterocycles. The summed E-state index contributed by atoms with van der Waals surface area (Å²) in [6, 6.07) is 9.21. The molecule has 2 aromatic rings. The van der Waals surface area contributed by atoms with Gasteiger partial charge in [0.1, 0.15) is 12.4 Å². The summed E-state index contributed by atoms with van der Waals surface area (Å²) in [5.74, 6) is 0.867. The second-order valence-electron chi connectivity index (χ2n) is 5.85. The van der Waals surface area contributed by atoms with Gasteiger partial charge in [-0.15, -0.1) is 0 Å². The number of nitrogens with one attached hydrogen (secondary N) is 1. The summed E-state index contributed by atoms with van der Waals surface area (Å²) >= 11 is 0.